The van der Waals surface area contributed by atoms with Crippen LogP contribution in [-0.4, -0.2) is 5.78 Å². The van der Waals surface area contributed by atoms with E-state index in [0.29, 0.717) is 6.42 Å². The van der Waals surface area contributed by atoms with Crippen molar-refractivity contribution in [2.45, 2.75) is 13.3 Å². The predicted octanol–water partition coefficient (Wildman–Crippen LogP) is 3.34. The maximum Gasteiger partial charge on any atom is 0.134 e. The van der Waals surface area contributed by atoms with Gasteiger partial charge in [0.1, 0.15) is 5.78 Å². The van der Waals surface area contributed by atoms with E-state index < -0.39 is 0 Å². The van der Waals surface area contributed by atoms with Crippen molar-refractivity contribution in [3.8, 4) is 0 Å². The molecule has 0 aliphatic carbocycles. The summed E-state index contributed by atoms with van der Waals surface area (Å²) in [4.78, 5) is 10.8. The number of ketones is 1. The van der Waals surface area contributed by atoms with E-state index in [-0.39, 0.29) is 5.78 Å². The molecule has 1 aromatic carbocycles. The van der Waals surface area contributed by atoms with Gasteiger partial charge < -0.3 is 0 Å². The molecule has 12 heavy (non-hydrogen) atoms. The Bertz CT molecular complexity index is 307. The van der Waals surface area contributed by atoms with Crippen LogP contribution in [-0.2, 0) is 11.2 Å². The highest BCUT2D eigenvalue weighted by atomic mass is 79.9. The van der Waals surface area contributed by atoms with Gasteiger partial charge in [0.05, 0.1) is 0 Å². The van der Waals surface area contributed by atoms with Crippen molar-refractivity contribution in [3.63, 3.8) is 0 Å². The van der Waals surface area contributed by atoms with Crippen LogP contribution in [0, 0.1) is 0 Å². The van der Waals surface area contributed by atoms with Crippen LogP contribution in [0.3, 0.4) is 0 Å². The third-order valence-electron chi connectivity index (χ3n) is 1.44. The number of Topliss-reactive ketones (excluding diaryl/α,β-unsaturated/α-hetero) is 1. The topological polar surface area (TPSA) is 17.1 Å². The van der Waals surface area contributed by atoms with Crippen LogP contribution in [0.1, 0.15) is 12.5 Å². The van der Waals surface area contributed by atoms with Gasteiger partial charge in [-0.25, -0.2) is 0 Å². The standard InChI is InChI=1S/C9H8Br2O/c1-6(12)4-7-2-3-8(10)9(11)5-7/h2-3,5H,4H2,1H3. The second-order valence-corrected chi connectivity index (χ2v) is 4.34. The molecular formula is C9H8Br2O. The minimum atomic E-state index is 0.184. The molecule has 0 spiro atoms. The highest BCUT2D eigenvalue weighted by molar-refractivity contribution is 9.13. The smallest absolute Gasteiger partial charge is 0.134 e. The van der Waals surface area contributed by atoms with Crippen molar-refractivity contribution in [1.82, 2.24) is 0 Å². The van der Waals surface area contributed by atoms with Crippen LogP contribution in [0.2, 0.25) is 0 Å². The lowest BCUT2D eigenvalue weighted by atomic mass is 10.1. The summed E-state index contributed by atoms with van der Waals surface area (Å²) in [6.45, 7) is 1.59. The quantitative estimate of drug-likeness (QED) is 0.817. The van der Waals surface area contributed by atoms with E-state index >= 15 is 0 Å². The molecule has 0 radical (unpaired) electrons. The molecule has 0 amide bonds. The van der Waals surface area contributed by atoms with E-state index in [1.165, 1.54) is 0 Å². The number of carbonyl (C=O) groups is 1. The Balaban J connectivity index is 2.89. The van der Waals surface area contributed by atoms with Gasteiger partial charge >= 0.3 is 0 Å². The van der Waals surface area contributed by atoms with Crippen molar-refractivity contribution < 1.29 is 4.79 Å². The Labute approximate surface area is 88.4 Å². The van der Waals surface area contributed by atoms with Gasteiger partial charge in [-0.3, -0.25) is 4.79 Å². The molecular weight excluding hydrogens is 284 g/mol. The number of rotatable bonds is 2. The molecule has 0 heterocycles. The molecule has 3 heteroatoms. The SMILES string of the molecule is CC(=O)Cc1ccc(Br)c(Br)c1. The van der Waals surface area contributed by atoms with Crippen LogP contribution in [0.4, 0.5) is 0 Å². The summed E-state index contributed by atoms with van der Waals surface area (Å²) >= 11 is 6.74. The number of hydrogen-bond acceptors (Lipinski definition) is 1. The fourth-order valence-corrected chi connectivity index (χ4v) is 1.61. The van der Waals surface area contributed by atoms with Crippen molar-refractivity contribution >= 4 is 37.6 Å². The van der Waals surface area contributed by atoms with E-state index in [1.54, 1.807) is 6.92 Å². The number of benzene rings is 1. The van der Waals surface area contributed by atoms with Crippen molar-refractivity contribution in [3.05, 3.63) is 32.7 Å². The van der Waals surface area contributed by atoms with Gasteiger partial charge in [-0.2, -0.15) is 0 Å². The molecule has 0 N–H and O–H groups in total. The first-order valence-electron chi connectivity index (χ1n) is 3.53. The number of hydrogen-bond donors (Lipinski definition) is 0. The van der Waals surface area contributed by atoms with E-state index in [9.17, 15) is 4.79 Å². The van der Waals surface area contributed by atoms with Gasteiger partial charge in [0, 0.05) is 15.4 Å². The molecule has 0 aromatic heterocycles. The number of halogens is 2. The monoisotopic (exact) mass is 290 g/mol. The van der Waals surface area contributed by atoms with Gasteiger partial charge in [-0.1, -0.05) is 6.07 Å². The fourth-order valence-electron chi connectivity index (χ4n) is 0.937. The molecule has 0 aliphatic heterocycles. The minimum absolute atomic E-state index is 0.184. The maximum atomic E-state index is 10.8. The van der Waals surface area contributed by atoms with Crippen molar-refractivity contribution in [2.24, 2.45) is 0 Å². The molecule has 0 aliphatic rings. The lowest BCUT2D eigenvalue weighted by molar-refractivity contribution is -0.116. The molecule has 0 saturated heterocycles. The lowest BCUT2D eigenvalue weighted by Crippen LogP contribution is -1.95. The zero-order chi connectivity index (χ0) is 9.14. The van der Waals surface area contributed by atoms with Crippen molar-refractivity contribution in [1.29, 1.82) is 0 Å². The summed E-state index contributed by atoms with van der Waals surface area (Å²) < 4.78 is 2.00. The Morgan fingerprint density at radius 2 is 2.00 bits per heavy atom. The first kappa shape index (κ1) is 9.93. The van der Waals surface area contributed by atoms with Gasteiger partial charge in [0.15, 0.2) is 0 Å². The van der Waals surface area contributed by atoms with Crippen LogP contribution < -0.4 is 0 Å². The zero-order valence-corrected chi connectivity index (χ0v) is 9.78. The summed E-state index contributed by atoms with van der Waals surface area (Å²) in [5.41, 5.74) is 1.04. The van der Waals surface area contributed by atoms with E-state index in [0.717, 1.165) is 14.5 Å². The van der Waals surface area contributed by atoms with E-state index in [2.05, 4.69) is 31.9 Å². The Hall–Kier alpha value is -0.150. The van der Waals surface area contributed by atoms with Crippen molar-refractivity contribution in [2.75, 3.05) is 0 Å². The summed E-state index contributed by atoms with van der Waals surface area (Å²) in [7, 11) is 0. The molecule has 64 valence electrons. The Kier molecular flexibility index (Phi) is 3.47. The zero-order valence-electron chi connectivity index (χ0n) is 6.60. The van der Waals surface area contributed by atoms with Crippen LogP contribution >= 0.6 is 31.9 Å². The number of carbonyl (C=O) groups excluding carboxylic acids is 1. The molecule has 1 nitrogen and oxygen atoms in total. The first-order chi connectivity index (χ1) is 5.59. The third-order valence-corrected chi connectivity index (χ3v) is 3.32. The van der Waals surface area contributed by atoms with Gasteiger partial charge in [-0.05, 0) is 56.5 Å². The average Bonchev–Trinajstić information content (AvgIpc) is 1.96. The summed E-state index contributed by atoms with van der Waals surface area (Å²) in [6.07, 6.45) is 0.506. The summed E-state index contributed by atoms with van der Waals surface area (Å²) in [5, 5.41) is 0. The van der Waals surface area contributed by atoms with E-state index in [4.69, 9.17) is 0 Å². The predicted molar refractivity (Wildman–Crippen MR) is 56.2 cm³/mol. The second kappa shape index (κ2) is 4.19. The fraction of sp³-hybridized carbons (Fsp3) is 0.222. The van der Waals surface area contributed by atoms with Gasteiger partial charge in [0.25, 0.3) is 0 Å². The summed E-state index contributed by atoms with van der Waals surface area (Å²) in [5.74, 6) is 0.184. The molecule has 1 rings (SSSR count). The second-order valence-electron chi connectivity index (χ2n) is 2.63. The molecule has 0 unspecified atom stereocenters. The normalized spacial score (nSPS) is 9.92. The molecule has 0 atom stereocenters. The molecule has 0 bridgehead atoms. The Morgan fingerprint density at radius 1 is 1.33 bits per heavy atom. The van der Waals surface area contributed by atoms with Crippen LogP contribution in [0.5, 0.6) is 0 Å². The van der Waals surface area contributed by atoms with Crippen LogP contribution in [0.15, 0.2) is 27.1 Å². The third kappa shape index (κ3) is 2.72. The summed E-state index contributed by atoms with van der Waals surface area (Å²) in [6, 6.07) is 5.82. The highest BCUT2D eigenvalue weighted by Crippen LogP contribution is 2.23. The van der Waals surface area contributed by atoms with Crippen LogP contribution in [0.25, 0.3) is 0 Å². The average molecular weight is 292 g/mol. The van der Waals surface area contributed by atoms with Gasteiger partial charge in [-0.15, -0.1) is 0 Å². The molecule has 0 saturated carbocycles. The lowest BCUT2D eigenvalue weighted by Gasteiger charge is -2.00. The minimum Gasteiger partial charge on any atom is -0.300 e. The van der Waals surface area contributed by atoms with Gasteiger partial charge in [0.2, 0.25) is 0 Å². The molecule has 0 fully saturated rings. The first-order valence-corrected chi connectivity index (χ1v) is 5.11. The largest absolute Gasteiger partial charge is 0.300 e. The molecule has 1 aromatic rings. The van der Waals surface area contributed by atoms with E-state index in [1.807, 2.05) is 18.2 Å². The maximum absolute atomic E-state index is 10.8. The highest BCUT2D eigenvalue weighted by Gasteiger charge is 2.00. The Morgan fingerprint density at radius 3 is 2.50 bits per heavy atom.